The fourth-order valence-corrected chi connectivity index (χ4v) is 1.32. The molecule has 2 aromatic rings. The van der Waals surface area contributed by atoms with Gasteiger partial charge in [-0.15, -0.1) is 0 Å². The lowest BCUT2D eigenvalue weighted by Crippen LogP contribution is -2.11. The molecule has 9 heteroatoms. The van der Waals surface area contributed by atoms with Gasteiger partial charge in [0.15, 0.2) is 5.76 Å². The number of hydrogen-bond acceptors (Lipinski definition) is 7. The first-order chi connectivity index (χ1) is 9.60. The number of nitrogens with zero attached hydrogens (tertiary/aromatic N) is 3. The van der Waals surface area contributed by atoms with Gasteiger partial charge < -0.3 is 14.5 Å². The smallest absolute Gasteiger partial charge is 0.433 e. The molecule has 0 aliphatic rings. The van der Waals surface area contributed by atoms with Crippen molar-refractivity contribution in [2.75, 3.05) is 11.9 Å². The number of carbonyl (C=O) groups excluding carboxylic acids is 1. The zero-order chi connectivity index (χ0) is 14.5. The standard InChI is InChI=1S/C11H10N4O5/c1-2-19-11-12-5-7(6-13-11)14-10(16)8-3-4-9(20-8)15(17)18/h3-6H,2H2,1H3,(H,14,16). The van der Waals surface area contributed by atoms with Crippen LogP contribution >= 0.6 is 0 Å². The Kier molecular flexibility index (Phi) is 3.89. The summed E-state index contributed by atoms with van der Waals surface area (Å²) in [6.07, 6.45) is 2.71. The topological polar surface area (TPSA) is 120 Å². The lowest BCUT2D eigenvalue weighted by atomic mass is 10.4. The average Bonchev–Trinajstić information content (AvgIpc) is 2.91. The summed E-state index contributed by atoms with van der Waals surface area (Å²) in [6.45, 7) is 2.23. The van der Waals surface area contributed by atoms with E-state index in [0.29, 0.717) is 12.3 Å². The lowest BCUT2D eigenvalue weighted by molar-refractivity contribution is -0.402. The highest BCUT2D eigenvalue weighted by molar-refractivity contribution is 6.02. The molecule has 0 unspecified atom stereocenters. The van der Waals surface area contributed by atoms with Crippen molar-refractivity contribution in [2.24, 2.45) is 0 Å². The summed E-state index contributed by atoms with van der Waals surface area (Å²) < 4.78 is 9.82. The number of aromatic nitrogens is 2. The van der Waals surface area contributed by atoms with Gasteiger partial charge in [-0.05, 0) is 13.0 Å². The van der Waals surface area contributed by atoms with Crippen LogP contribution in [-0.2, 0) is 0 Å². The number of ether oxygens (including phenoxy) is 1. The molecule has 2 rings (SSSR count). The van der Waals surface area contributed by atoms with E-state index in [9.17, 15) is 14.9 Å². The summed E-state index contributed by atoms with van der Waals surface area (Å²) in [7, 11) is 0. The van der Waals surface area contributed by atoms with Crippen molar-refractivity contribution >= 4 is 17.5 Å². The van der Waals surface area contributed by atoms with Crippen molar-refractivity contribution in [1.29, 1.82) is 0 Å². The van der Waals surface area contributed by atoms with E-state index < -0.39 is 16.7 Å². The molecular weight excluding hydrogens is 268 g/mol. The van der Waals surface area contributed by atoms with Gasteiger partial charge in [-0.3, -0.25) is 14.9 Å². The van der Waals surface area contributed by atoms with Crippen LogP contribution in [0, 0.1) is 10.1 Å². The molecule has 0 atom stereocenters. The first kappa shape index (κ1) is 13.5. The third kappa shape index (κ3) is 3.07. The van der Waals surface area contributed by atoms with Crippen LogP contribution in [0.3, 0.4) is 0 Å². The molecule has 9 nitrogen and oxygen atoms in total. The van der Waals surface area contributed by atoms with Gasteiger partial charge in [0.05, 0.1) is 30.8 Å². The Hall–Kier alpha value is -2.97. The van der Waals surface area contributed by atoms with Gasteiger partial charge >= 0.3 is 11.9 Å². The summed E-state index contributed by atoms with van der Waals surface area (Å²) in [5.41, 5.74) is 0.317. The number of carbonyl (C=O) groups is 1. The molecule has 0 aromatic carbocycles. The van der Waals surface area contributed by atoms with Crippen molar-refractivity contribution in [1.82, 2.24) is 9.97 Å². The van der Waals surface area contributed by atoms with Crippen LogP contribution in [0.5, 0.6) is 6.01 Å². The van der Waals surface area contributed by atoms with E-state index in [4.69, 9.17) is 9.15 Å². The molecule has 0 saturated heterocycles. The highest BCUT2D eigenvalue weighted by Crippen LogP contribution is 2.17. The molecule has 2 aromatic heterocycles. The Morgan fingerprint density at radius 1 is 1.45 bits per heavy atom. The van der Waals surface area contributed by atoms with Gasteiger partial charge in [0.25, 0.3) is 5.91 Å². The molecule has 0 fully saturated rings. The highest BCUT2D eigenvalue weighted by atomic mass is 16.6. The fourth-order valence-electron chi connectivity index (χ4n) is 1.32. The number of amides is 1. The van der Waals surface area contributed by atoms with Gasteiger partial charge in [-0.25, -0.2) is 9.97 Å². The zero-order valence-corrected chi connectivity index (χ0v) is 10.4. The molecule has 0 aliphatic heterocycles. The van der Waals surface area contributed by atoms with Gasteiger partial charge in [-0.1, -0.05) is 0 Å². The Balaban J connectivity index is 2.04. The van der Waals surface area contributed by atoms with Gasteiger partial charge in [0.2, 0.25) is 0 Å². The maximum Gasteiger partial charge on any atom is 0.433 e. The van der Waals surface area contributed by atoms with Gasteiger partial charge in [0.1, 0.15) is 4.92 Å². The number of furan rings is 1. The van der Waals surface area contributed by atoms with Crippen LogP contribution in [0.2, 0.25) is 0 Å². The maximum absolute atomic E-state index is 11.7. The van der Waals surface area contributed by atoms with Crippen LogP contribution in [-0.4, -0.2) is 27.4 Å². The summed E-state index contributed by atoms with van der Waals surface area (Å²) in [5, 5.41) is 12.9. The third-order valence-corrected chi connectivity index (χ3v) is 2.16. The van der Waals surface area contributed by atoms with E-state index in [-0.39, 0.29) is 11.8 Å². The summed E-state index contributed by atoms with van der Waals surface area (Å²) in [6, 6.07) is 2.51. The third-order valence-electron chi connectivity index (χ3n) is 2.16. The van der Waals surface area contributed by atoms with Crippen molar-refractivity contribution < 1.29 is 18.9 Å². The monoisotopic (exact) mass is 278 g/mol. The zero-order valence-electron chi connectivity index (χ0n) is 10.4. The summed E-state index contributed by atoms with van der Waals surface area (Å²) in [4.78, 5) is 29.2. The van der Waals surface area contributed by atoms with Crippen molar-refractivity contribution in [3.63, 3.8) is 0 Å². The molecular formula is C11H10N4O5. The fraction of sp³-hybridized carbons (Fsp3) is 0.182. The quantitative estimate of drug-likeness (QED) is 0.651. The minimum absolute atomic E-state index is 0.175. The molecule has 20 heavy (non-hydrogen) atoms. The molecule has 2 heterocycles. The van der Waals surface area contributed by atoms with E-state index >= 15 is 0 Å². The van der Waals surface area contributed by atoms with E-state index in [1.165, 1.54) is 18.5 Å². The van der Waals surface area contributed by atoms with Crippen LogP contribution in [0.4, 0.5) is 11.6 Å². The minimum atomic E-state index is -0.725. The highest BCUT2D eigenvalue weighted by Gasteiger charge is 2.17. The molecule has 0 bridgehead atoms. The molecule has 0 radical (unpaired) electrons. The van der Waals surface area contributed by atoms with Crippen molar-refractivity contribution in [2.45, 2.75) is 6.92 Å². The first-order valence-corrected chi connectivity index (χ1v) is 5.60. The van der Waals surface area contributed by atoms with E-state index in [0.717, 1.165) is 6.07 Å². The van der Waals surface area contributed by atoms with Crippen LogP contribution in [0.25, 0.3) is 0 Å². The number of nitro groups is 1. The Morgan fingerprint density at radius 2 is 2.15 bits per heavy atom. The molecule has 0 spiro atoms. The second-order valence-electron chi connectivity index (χ2n) is 3.54. The molecule has 1 amide bonds. The predicted octanol–water partition coefficient (Wildman–Crippen LogP) is 1.63. The van der Waals surface area contributed by atoms with Crippen LogP contribution in [0.1, 0.15) is 17.5 Å². The van der Waals surface area contributed by atoms with Crippen molar-refractivity contribution in [3.05, 3.63) is 40.4 Å². The van der Waals surface area contributed by atoms with E-state index in [1.807, 2.05) is 0 Å². The average molecular weight is 278 g/mol. The molecule has 104 valence electrons. The number of rotatable bonds is 5. The van der Waals surface area contributed by atoms with E-state index in [1.54, 1.807) is 6.92 Å². The summed E-state index contributed by atoms with van der Waals surface area (Å²) >= 11 is 0. The second kappa shape index (κ2) is 5.78. The first-order valence-electron chi connectivity index (χ1n) is 5.60. The second-order valence-corrected chi connectivity index (χ2v) is 3.54. The van der Waals surface area contributed by atoms with E-state index in [2.05, 4.69) is 15.3 Å². The Bertz CT molecular complexity index is 622. The molecule has 1 N–H and O–H groups in total. The maximum atomic E-state index is 11.7. The minimum Gasteiger partial charge on any atom is -0.464 e. The largest absolute Gasteiger partial charge is 0.464 e. The number of hydrogen-bond donors (Lipinski definition) is 1. The Labute approximate surface area is 112 Å². The SMILES string of the molecule is CCOc1ncc(NC(=O)c2ccc([N+](=O)[O-])o2)cn1. The molecule has 0 saturated carbocycles. The van der Waals surface area contributed by atoms with Crippen molar-refractivity contribution in [3.8, 4) is 6.01 Å². The number of anilines is 1. The summed E-state index contributed by atoms with van der Waals surface area (Å²) in [5.74, 6) is -1.31. The predicted molar refractivity (Wildman–Crippen MR) is 66.5 cm³/mol. The van der Waals surface area contributed by atoms with Gasteiger partial charge in [0, 0.05) is 0 Å². The number of nitrogens with one attached hydrogen (secondary N) is 1. The lowest BCUT2D eigenvalue weighted by Gasteiger charge is -2.03. The molecule has 0 aliphatic carbocycles. The Morgan fingerprint density at radius 3 is 2.70 bits per heavy atom. The van der Waals surface area contributed by atoms with Crippen LogP contribution < -0.4 is 10.1 Å². The normalized spacial score (nSPS) is 10.1. The van der Waals surface area contributed by atoms with Crippen LogP contribution in [0.15, 0.2) is 28.9 Å². The van der Waals surface area contributed by atoms with Gasteiger partial charge in [-0.2, -0.15) is 0 Å².